The first-order valence-electron chi connectivity index (χ1n) is 7.33. The first-order valence-corrected chi connectivity index (χ1v) is 9.09. The number of fused-ring (bicyclic) bond motifs is 1. The number of aryl methyl sites for hydroxylation is 1. The second kappa shape index (κ2) is 5.85. The second-order valence-corrected chi connectivity index (χ2v) is 7.23. The lowest BCUT2D eigenvalue weighted by Gasteiger charge is -2.14. The first-order chi connectivity index (χ1) is 11.2. The van der Waals surface area contributed by atoms with Crippen molar-refractivity contribution in [3.8, 4) is 10.6 Å². The Bertz CT molecular complexity index is 957. The minimum Gasteiger partial charge on any atom is -0.318 e. The van der Waals surface area contributed by atoms with Crippen molar-refractivity contribution >= 4 is 33.6 Å². The maximum atomic E-state index is 6.54. The van der Waals surface area contributed by atoms with Gasteiger partial charge in [-0.25, -0.2) is 9.97 Å². The highest BCUT2D eigenvalue weighted by atomic mass is 32.1. The molecule has 1 unspecified atom stereocenters. The van der Waals surface area contributed by atoms with Crippen LogP contribution in [-0.2, 0) is 0 Å². The van der Waals surface area contributed by atoms with Gasteiger partial charge in [-0.3, -0.25) is 0 Å². The summed E-state index contributed by atoms with van der Waals surface area (Å²) in [5.41, 5.74) is 10.6. The predicted molar refractivity (Wildman–Crippen MR) is 97.9 cm³/mol. The molecule has 2 N–H and O–H groups in total. The molecule has 5 heteroatoms. The van der Waals surface area contributed by atoms with Crippen LogP contribution in [0.2, 0.25) is 0 Å². The average Bonchev–Trinajstić information content (AvgIpc) is 3.24. The zero-order valence-electron chi connectivity index (χ0n) is 12.6. The van der Waals surface area contributed by atoms with Crippen molar-refractivity contribution in [2.45, 2.75) is 13.0 Å². The smallest absolute Gasteiger partial charge is 0.114 e. The summed E-state index contributed by atoms with van der Waals surface area (Å²) in [7, 11) is 0. The van der Waals surface area contributed by atoms with E-state index in [1.807, 2.05) is 36.6 Å². The molecule has 0 saturated carbocycles. The van der Waals surface area contributed by atoms with Crippen molar-refractivity contribution in [1.82, 2.24) is 9.97 Å². The lowest BCUT2D eigenvalue weighted by atomic mass is 10.0. The van der Waals surface area contributed by atoms with E-state index in [9.17, 15) is 0 Å². The number of rotatable bonds is 3. The van der Waals surface area contributed by atoms with Crippen LogP contribution in [0.25, 0.3) is 21.5 Å². The Morgan fingerprint density at radius 3 is 2.65 bits per heavy atom. The fourth-order valence-corrected chi connectivity index (χ4v) is 4.16. The van der Waals surface area contributed by atoms with Gasteiger partial charge in [0.05, 0.1) is 22.1 Å². The highest BCUT2D eigenvalue weighted by Gasteiger charge is 2.17. The van der Waals surface area contributed by atoms with Gasteiger partial charge in [-0.15, -0.1) is 22.7 Å². The van der Waals surface area contributed by atoms with Crippen LogP contribution in [0, 0.1) is 6.92 Å². The van der Waals surface area contributed by atoms with Crippen LogP contribution < -0.4 is 5.73 Å². The lowest BCUT2D eigenvalue weighted by Crippen LogP contribution is -2.12. The van der Waals surface area contributed by atoms with Crippen LogP contribution >= 0.6 is 22.7 Å². The van der Waals surface area contributed by atoms with Gasteiger partial charge in [-0.1, -0.05) is 24.3 Å². The van der Waals surface area contributed by atoms with Crippen molar-refractivity contribution in [2.75, 3.05) is 0 Å². The van der Waals surface area contributed by atoms with E-state index in [4.69, 9.17) is 10.7 Å². The molecule has 3 aromatic heterocycles. The van der Waals surface area contributed by atoms with E-state index < -0.39 is 0 Å². The molecular formula is C18H15N3S2. The average molecular weight is 337 g/mol. The highest BCUT2D eigenvalue weighted by molar-refractivity contribution is 7.13. The number of thiophene rings is 1. The summed E-state index contributed by atoms with van der Waals surface area (Å²) in [6.45, 7) is 1.99. The summed E-state index contributed by atoms with van der Waals surface area (Å²) >= 11 is 3.30. The normalized spacial score (nSPS) is 12.6. The maximum absolute atomic E-state index is 6.54. The van der Waals surface area contributed by atoms with E-state index in [1.165, 1.54) is 0 Å². The predicted octanol–water partition coefficient (Wildman–Crippen LogP) is 4.78. The third kappa shape index (κ3) is 2.67. The van der Waals surface area contributed by atoms with E-state index in [1.54, 1.807) is 22.7 Å². The summed E-state index contributed by atoms with van der Waals surface area (Å²) in [5, 5.41) is 6.14. The second-order valence-electron chi connectivity index (χ2n) is 5.40. The molecule has 0 amide bonds. The zero-order chi connectivity index (χ0) is 15.8. The minimum atomic E-state index is -0.236. The Morgan fingerprint density at radius 2 is 1.91 bits per heavy atom. The van der Waals surface area contributed by atoms with Gasteiger partial charge in [0.25, 0.3) is 0 Å². The topological polar surface area (TPSA) is 51.8 Å². The van der Waals surface area contributed by atoms with Crippen LogP contribution in [0.4, 0.5) is 0 Å². The largest absolute Gasteiger partial charge is 0.318 e. The number of hydrogen-bond donors (Lipinski definition) is 1. The highest BCUT2D eigenvalue weighted by Crippen LogP contribution is 2.33. The van der Waals surface area contributed by atoms with Crippen LogP contribution in [0.15, 0.2) is 53.2 Å². The summed E-state index contributed by atoms with van der Waals surface area (Å²) in [6.07, 6.45) is 0. The number of hydrogen-bond acceptors (Lipinski definition) is 5. The Balaban J connectivity index is 1.93. The molecule has 0 aliphatic rings. The van der Waals surface area contributed by atoms with Crippen molar-refractivity contribution in [3.05, 3.63) is 69.5 Å². The molecule has 0 spiro atoms. The SMILES string of the molecule is Cc1csc(C(N)c2cc(-c3cccs3)nc3ccccc23)n1. The molecule has 4 aromatic rings. The molecule has 3 nitrogen and oxygen atoms in total. The van der Waals surface area contributed by atoms with Gasteiger partial charge in [0, 0.05) is 16.5 Å². The van der Waals surface area contributed by atoms with Gasteiger partial charge in [0.1, 0.15) is 5.01 Å². The Labute approximate surface area is 142 Å². The van der Waals surface area contributed by atoms with Crippen LogP contribution in [0.3, 0.4) is 0 Å². The molecule has 3 heterocycles. The number of aromatic nitrogens is 2. The Hall–Kier alpha value is -2.08. The van der Waals surface area contributed by atoms with Crippen molar-refractivity contribution < 1.29 is 0 Å². The fourth-order valence-electron chi connectivity index (χ4n) is 2.66. The molecule has 0 aliphatic heterocycles. The van der Waals surface area contributed by atoms with Gasteiger partial charge < -0.3 is 5.73 Å². The summed E-state index contributed by atoms with van der Waals surface area (Å²) in [5.74, 6) is 0. The third-order valence-electron chi connectivity index (χ3n) is 3.76. The molecule has 114 valence electrons. The molecule has 0 aliphatic carbocycles. The summed E-state index contributed by atoms with van der Waals surface area (Å²) in [6, 6.07) is 14.2. The van der Waals surface area contributed by atoms with Crippen LogP contribution in [-0.4, -0.2) is 9.97 Å². The quantitative estimate of drug-likeness (QED) is 0.585. The summed E-state index contributed by atoms with van der Waals surface area (Å²) in [4.78, 5) is 10.5. The maximum Gasteiger partial charge on any atom is 0.114 e. The number of benzene rings is 1. The number of pyridine rings is 1. The van der Waals surface area contributed by atoms with Gasteiger partial charge in [-0.2, -0.15) is 0 Å². The number of thiazole rings is 1. The molecule has 4 rings (SSSR count). The number of nitrogens with two attached hydrogens (primary N) is 1. The summed E-state index contributed by atoms with van der Waals surface area (Å²) < 4.78 is 0. The van der Waals surface area contributed by atoms with Crippen molar-refractivity contribution in [3.63, 3.8) is 0 Å². The van der Waals surface area contributed by atoms with E-state index in [0.717, 1.165) is 37.7 Å². The molecule has 1 aromatic carbocycles. The van der Waals surface area contributed by atoms with Crippen molar-refractivity contribution in [2.24, 2.45) is 5.73 Å². The van der Waals surface area contributed by atoms with E-state index >= 15 is 0 Å². The Kier molecular flexibility index (Phi) is 3.69. The molecule has 1 atom stereocenters. The third-order valence-corrected chi connectivity index (χ3v) is 5.70. The number of para-hydroxylation sites is 1. The van der Waals surface area contributed by atoms with Gasteiger partial charge >= 0.3 is 0 Å². The van der Waals surface area contributed by atoms with E-state index in [2.05, 4.69) is 28.6 Å². The molecule has 23 heavy (non-hydrogen) atoms. The monoisotopic (exact) mass is 337 g/mol. The van der Waals surface area contributed by atoms with Gasteiger partial charge in [0.2, 0.25) is 0 Å². The van der Waals surface area contributed by atoms with Crippen LogP contribution in [0.5, 0.6) is 0 Å². The Morgan fingerprint density at radius 1 is 1.04 bits per heavy atom. The van der Waals surface area contributed by atoms with E-state index in [0.29, 0.717) is 0 Å². The molecular weight excluding hydrogens is 322 g/mol. The fraction of sp³-hybridized carbons (Fsp3) is 0.111. The lowest BCUT2D eigenvalue weighted by molar-refractivity contribution is 0.859. The minimum absolute atomic E-state index is 0.236. The van der Waals surface area contributed by atoms with E-state index in [-0.39, 0.29) is 6.04 Å². The number of nitrogens with zero attached hydrogens (tertiary/aromatic N) is 2. The van der Waals surface area contributed by atoms with Crippen molar-refractivity contribution in [1.29, 1.82) is 0 Å². The standard InChI is InChI=1S/C18H15N3S2/c1-11-10-23-18(20-11)17(19)13-9-15(16-7-4-8-22-16)21-14-6-3-2-5-12(13)14/h2-10,17H,19H2,1H3. The zero-order valence-corrected chi connectivity index (χ0v) is 14.2. The first kappa shape index (κ1) is 14.5. The molecule has 0 radical (unpaired) electrons. The van der Waals surface area contributed by atoms with Gasteiger partial charge in [-0.05, 0) is 36.1 Å². The molecule has 0 saturated heterocycles. The molecule has 0 fully saturated rings. The van der Waals surface area contributed by atoms with Crippen LogP contribution in [0.1, 0.15) is 22.3 Å². The molecule has 0 bridgehead atoms. The van der Waals surface area contributed by atoms with Gasteiger partial charge in [0.15, 0.2) is 0 Å².